The maximum atomic E-state index is 7.64. The number of hydrogen-bond donors (Lipinski definition) is 0. The molecule has 33 rings (SSSR count). The van der Waals surface area contributed by atoms with Gasteiger partial charge in [-0.1, -0.05) is 0 Å². The second kappa shape index (κ2) is 6.75. The Balaban J connectivity index is 1.05. The van der Waals surface area contributed by atoms with Gasteiger partial charge in [-0.05, 0) is 346 Å². The monoisotopic (exact) mass is 924 g/mol. The fourth-order valence-electron chi connectivity index (χ4n) is 25.5. The van der Waals surface area contributed by atoms with Crippen LogP contribution in [0.25, 0.3) is 291 Å². The van der Waals surface area contributed by atoms with E-state index in [2.05, 4.69) is 26.9 Å². The first kappa shape index (κ1) is 29.3. The minimum absolute atomic E-state index is 0.0491. The van der Waals surface area contributed by atoms with E-state index >= 15 is 0 Å². The summed E-state index contributed by atoms with van der Waals surface area (Å²) in [6.45, 7) is 10.5. The molecule has 1 atom stereocenters. The second-order valence-corrected chi connectivity index (χ2v) is 32.1. The van der Waals surface area contributed by atoms with Gasteiger partial charge >= 0.3 is 0 Å². The number of rotatable bonds is 5. The van der Waals surface area contributed by atoms with Crippen LogP contribution in [-0.4, -0.2) is 33.4 Å². The summed E-state index contributed by atoms with van der Waals surface area (Å²) < 4.78 is 20.4. The van der Waals surface area contributed by atoms with E-state index in [0.29, 0.717) is 13.2 Å². The van der Waals surface area contributed by atoms with E-state index in [-0.39, 0.29) is 17.4 Å². The first-order chi connectivity index (χ1) is 35.9. The molecule has 5 aliphatic rings. The largest absolute Gasteiger partial charge is 0.415 e. The average Bonchev–Trinajstić information content (AvgIpc) is 4.39. The Bertz CT molecular complexity index is 7050. The van der Waals surface area contributed by atoms with Crippen molar-refractivity contribution in [3.05, 3.63) is 22.3 Å². The standard InChI is InChI=1S/C69H20O3Si/c1-68(2)70-5-8(72-68)6-71-73(3,4)7-69-65-61-55-41-33-25-13-10-9-11-14(13)26-28-24-18(11)20-16-12(9)15-19-17(10)23-27(25)39(41)47-45-31(23)29(19)37-35-21(15)22(16)36-38-30(20)32(24)46-48-40(28)42(34(26)33)56(55)62(65)58(48)60-52(46)50(38)54-44(36)43(35)53-49(37)51(45)59(57(47)61)66(69)63(53)64(54)67(60)69/h8,65H,5-7H2,1-4H3. The molecule has 4 heteroatoms. The predicted octanol–water partition coefficient (Wildman–Crippen LogP) is 18.5. The third-order valence-corrected chi connectivity index (χ3v) is 28.1. The summed E-state index contributed by atoms with van der Waals surface area (Å²) >= 11 is 0. The molecule has 1 unspecified atom stereocenters. The molecule has 0 radical (unpaired) electrons. The van der Waals surface area contributed by atoms with Gasteiger partial charge in [0.25, 0.3) is 0 Å². The fourth-order valence-corrected chi connectivity index (χ4v) is 28.2. The van der Waals surface area contributed by atoms with Crippen molar-refractivity contribution in [1.29, 1.82) is 0 Å². The number of hydrogen-bond acceptors (Lipinski definition) is 3. The molecule has 0 bridgehead atoms. The highest BCUT2D eigenvalue weighted by Crippen LogP contribution is 2.84. The molecule has 28 aromatic rings. The fraction of sp³-hybridized carbons (Fsp3) is 0.159. The summed E-state index contributed by atoms with van der Waals surface area (Å²) in [4.78, 5) is 0. The van der Waals surface area contributed by atoms with Crippen molar-refractivity contribution in [2.45, 2.75) is 56.2 Å². The van der Waals surface area contributed by atoms with E-state index < -0.39 is 14.1 Å². The van der Waals surface area contributed by atoms with Crippen LogP contribution in [0.5, 0.6) is 0 Å². The topological polar surface area (TPSA) is 27.7 Å². The number of ether oxygens (including phenoxy) is 2. The molecule has 0 amide bonds. The van der Waals surface area contributed by atoms with Gasteiger partial charge in [0.2, 0.25) is 0 Å². The van der Waals surface area contributed by atoms with Crippen molar-refractivity contribution in [1.82, 2.24) is 0 Å². The normalized spacial score (nSPS) is 23.5. The highest BCUT2D eigenvalue weighted by Gasteiger charge is 2.64. The summed E-state index contributed by atoms with van der Waals surface area (Å²) in [7, 11) is -2.53. The molecule has 1 heterocycles. The van der Waals surface area contributed by atoms with Crippen molar-refractivity contribution in [3.63, 3.8) is 0 Å². The maximum absolute atomic E-state index is 7.64. The van der Waals surface area contributed by atoms with Crippen molar-refractivity contribution >= 4 is 299 Å². The second-order valence-electron chi connectivity index (χ2n) is 27.9. The van der Waals surface area contributed by atoms with Crippen LogP contribution in [0.2, 0.25) is 19.1 Å². The zero-order valence-corrected chi connectivity index (χ0v) is 40.0. The lowest BCUT2D eigenvalue weighted by Crippen LogP contribution is -2.46. The Labute approximate surface area is 402 Å². The first-order valence-corrected chi connectivity index (χ1v) is 30.7. The summed E-state index contributed by atoms with van der Waals surface area (Å²) in [5, 5.41) is 89.7. The Morgan fingerprint density at radius 3 is 0.808 bits per heavy atom. The molecule has 4 aliphatic carbocycles. The van der Waals surface area contributed by atoms with Gasteiger partial charge < -0.3 is 13.9 Å². The highest BCUT2D eigenvalue weighted by molar-refractivity contribution is 6.82. The van der Waals surface area contributed by atoms with Crippen LogP contribution in [0.15, 0.2) is 0 Å². The van der Waals surface area contributed by atoms with Crippen LogP contribution in [0, 0.1) is 0 Å². The van der Waals surface area contributed by atoms with Crippen molar-refractivity contribution in [2.75, 3.05) is 13.2 Å². The van der Waals surface area contributed by atoms with Gasteiger partial charge in [-0.2, -0.15) is 0 Å². The van der Waals surface area contributed by atoms with Gasteiger partial charge in [0.1, 0.15) is 6.10 Å². The van der Waals surface area contributed by atoms with E-state index in [1.165, 1.54) is 0 Å². The lowest BCUT2D eigenvalue weighted by Gasteiger charge is -2.48. The van der Waals surface area contributed by atoms with Crippen molar-refractivity contribution in [2.24, 2.45) is 0 Å². The molecule has 3 nitrogen and oxygen atoms in total. The summed E-state index contributed by atoms with van der Waals surface area (Å²) in [5.41, 5.74) is 6.73. The summed E-state index contributed by atoms with van der Waals surface area (Å²) in [6.07, 6.45) is -0.0491. The third-order valence-electron chi connectivity index (χ3n) is 25.7. The maximum Gasteiger partial charge on any atom is 0.188 e. The van der Waals surface area contributed by atoms with Crippen LogP contribution < -0.4 is 0 Å². The minimum Gasteiger partial charge on any atom is -0.415 e. The van der Waals surface area contributed by atoms with Crippen LogP contribution in [0.1, 0.15) is 42.0 Å². The summed E-state index contributed by atoms with van der Waals surface area (Å²) in [5.74, 6) is -0.324. The van der Waals surface area contributed by atoms with Gasteiger partial charge in [0.15, 0.2) is 14.1 Å². The van der Waals surface area contributed by atoms with E-state index in [1.807, 2.05) is 0 Å². The molecular weight excluding hydrogens is 905 g/mol. The Morgan fingerprint density at radius 1 is 0.342 bits per heavy atom. The molecule has 0 spiro atoms. The predicted molar refractivity (Wildman–Crippen MR) is 308 cm³/mol. The molecular formula is C69H20O3Si. The average molecular weight is 925 g/mol. The van der Waals surface area contributed by atoms with E-state index in [1.54, 1.807) is 313 Å². The van der Waals surface area contributed by atoms with Gasteiger partial charge in [-0.15, -0.1) is 0 Å². The van der Waals surface area contributed by atoms with E-state index in [0.717, 1.165) is 6.04 Å². The lowest BCUT2D eigenvalue weighted by molar-refractivity contribution is -0.141. The van der Waals surface area contributed by atoms with Gasteiger partial charge in [0.05, 0.1) is 13.2 Å². The molecule has 28 aromatic carbocycles. The molecule has 0 saturated carbocycles. The molecule has 1 fully saturated rings. The van der Waals surface area contributed by atoms with Crippen LogP contribution in [-0.2, 0) is 19.3 Å². The SMILES string of the molecule is CC1(C)OCC(CO[Si](C)(C)CC23c4c5c6c7c8c9c(c%10c%11c2c2c4c4c%12c5c5c6c6c8c8c%13c9c9c%10c%10c%11c%11c2c2c4c4c%12c%12c5c5c6c8c6c8c%13c9c9c%10c%10c%11c2c2c4c4c%12c5c6c5c8c9c%10c2c45)C73)O1. The highest BCUT2D eigenvalue weighted by atomic mass is 28.4. The van der Waals surface area contributed by atoms with Gasteiger partial charge in [-0.25, -0.2) is 0 Å². The molecule has 73 heavy (non-hydrogen) atoms. The molecule has 1 saturated heterocycles. The van der Waals surface area contributed by atoms with Crippen LogP contribution >= 0.6 is 0 Å². The number of benzene rings is 18. The van der Waals surface area contributed by atoms with Gasteiger partial charge in [-0.3, -0.25) is 0 Å². The zero-order chi connectivity index (χ0) is 44.4. The minimum atomic E-state index is -2.53. The zero-order valence-electron chi connectivity index (χ0n) is 39.0. The van der Waals surface area contributed by atoms with Crippen LogP contribution in [0.3, 0.4) is 0 Å². The molecule has 1 aliphatic heterocycles. The smallest absolute Gasteiger partial charge is 0.188 e. The Morgan fingerprint density at radius 2 is 0.562 bits per heavy atom. The van der Waals surface area contributed by atoms with Crippen LogP contribution in [0.4, 0.5) is 0 Å². The Hall–Kier alpha value is -7.44. The van der Waals surface area contributed by atoms with Crippen molar-refractivity contribution < 1.29 is 13.9 Å². The van der Waals surface area contributed by atoms with Crippen molar-refractivity contribution in [3.8, 4) is 0 Å². The van der Waals surface area contributed by atoms with Gasteiger partial charge in [0, 0.05) is 11.3 Å². The van der Waals surface area contributed by atoms with E-state index in [4.69, 9.17) is 13.9 Å². The first-order valence-electron chi connectivity index (χ1n) is 27.6. The van der Waals surface area contributed by atoms with E-state index in [9.17, 15) is 0 Å². The molecule has 318 valence electrons. The summed E-state index contributed by atoms with van der Waals surface area (Å²) in [6, 6.07) is 1.07. The lowest BCUT2D eigenvalue weighted by atomic mass is 9.58. The third kappa shape index (κ3) is 1.74. The quantitative estimate of drug-likeness (QED) is 0.127. The molecule has 0 N–H and O–H groups in total. The molecule has 0 aromatic heterocycles. The Kier molecular flexibility index (Phi) is 2.71.